The lowest BCUT2D eigenvalue weighted by molar-refractivity contribution is 0.118. The molecule has 0 amide bonds. The molecule has 1 atom stereocenters. The van der Waals surface area contributed by atoms with Crippen LogP contribution in [0.2, 0.25) is 0 Å². The van der Waals surface area contributed by atoms with Gasteiger partial charge in [-0.25, -0.2) is 17.2 Å². The topological polar surface area (TPSA) is 46.6 Å². The van der Waals surface area contributed by atoms with Crippen LogP contribution < -0.4 is 4.90 Å². The van der Waals surface area contributed by atoms with E-state index in [0.717, 1.165) is 49.2 Å². The summed E-state index contributed by atoms with van der Waals surface area (Å²) >= 11 is 0. The zero-order valence-electron chi connectivity index (χ0n) is 17.8. The lowest BCUT2D eigenvalue weighted by Gasteiger charge is -2.36. The monoisotopic (exact) mass is 447 g/mol. The van der Waals surface area contributed by atoms with Gasteiger partial charge < -0.3 is 9.64 Å². The van der Waals surface area contributed by atoms with Gasteiger partial charge in [-0.3, -0.25) is 0 Å². The fourth-order valence-electron chi connectivity index (χ4n) is 4.24. The Morgan fingerprint density at radius 2 is 1.74 bits per heavy atom. The fraction of sp³-hybridized carbons (Fsp3) is 0.417. The number of hydrogen-bond acceptors (Lipinski definition) is 4. The minimum absolute atomic E-state index is 0.0753. The number of rotatable bonds is 7. The van der Waals surface area contributed by atoms with Gasteiger partial charge in [0, 0.05) is 17.7 Å². The number of anilines is 1. The van der Waals surface area contributed by atoms with E-state index in [0.29, 0.717) is 11.4 Å². The van der Waals surface area contributed by atoms with Gasteiger partial charge in [0.25, 0.3) is 0 Å². The SMILES string of the molecule is C=C1OC(C)c2cc(CS(=O)(=O)Cc3cc(F)c(C4CC4)c(F)c3)ccc2N1CCC. The lowest BCUT2D eigenvalue weighted by atomic mass is 10.0. The average Bonchev–Trinajstić information content (AvgIpc) is 3.49. The smallest absolute Gasteiger partial charge is 0.187 e. The predicted molar refractivity (Wildman–Crippen MR) is 117 cm³/mol. The predicted octanol–water partition coefficient (Wildman–Crippen LogP) is 5.74. The van der Waals surface area contributed by atoms with Crippen molar-refractivity contribution in [3.8, 4) is 0 Å². The van der Waals surface area contributed by atoms with Gasteiger partial charge in [0.05, 0.1) is 17.2 Å². The second-order valence-electron chi connectivity index (χ2n) is 8.48. The molecule has 0 bridgehead atoms. The van der Waals surface area contributed by atoms with Crippen LogP contribution in [0.1, 0.15) is 67.4 Å². The van der Waals surface area contributed by atoms with Crippen LogP contribution in [0.15, 0.2) is 42.8 Å². The third kappa shape index (κ3) is 4.61. The van der Waals surface area contributed by atoms with E-state index in [4.69, 9.17) is 4.74 Å². The van der Waals surface area contributed by atoms with Gasteiger partial charge >= 0.3 is 0 Å². The largest absolute Gasteiger partial charge is 0.471 e. The molecule has 0 spiro atoms. The van der Waals surface area contributed by atoms with Crippen LogP contribution in [0, 0.1) is 11.6 Å². The zero-order chi connectivity index (χ0) is 22.3. The van der Waals surface area contributed by atoms with E-state index in [2.05, 4.69) is 13.5 Å². The fourth-order valence-corrected chi connectivity index (χ4v) is 5.70. The molecule has 0 radical (unpaired) electrons. The maximum Gasteiger partial charge on any atom is 0.187 e. The summed E-state index contributed by atoms with van der Waals surface area (Å²) in [4.78, 5) is 1.99. The summed E-state index contributed by atoms with van der Waals surface area (Å²) < 4.78 is 60.0. The first-order chi connectivity index (χ1) is 14.7. The van der Waals surface area contributed by atoms with E-state index in [1.165, 1.54) is 0 Å². The molecule has 1 saturated carbocycles. The van der Waals surface area contributed by atoms with Gasteiger partial charge in [0.1, 0.15) is 17.7 Å². The number of nitrogens with zero attached hydrogens (tertiary/aromatic N) is 1. The van der Waals surface area contributed by atoms with Crippen LogP contribution in [-0.4, -0.2) is 15.0 Å². The molecule has 1 aliphatic carbocycles. The number of hydrogen-bond donors (Lipinski definition) is 0. The van der Waals surface area contributed by atoms with E-state index < -0.39 is 27.2 Å². The summed E-state index contributed by atoms with van der Waals surface area (Å²) in [6.45, 7) is 8.69. The number of halogens is 2. The normalized spacial score (nSPS) is 18.6. The molecule has 166 valence electrons. The molecule has 1 fully saturated rings. The van der Waals surface area contributed by atoms with Crippen molar-refractivity contribution < 1.29 is 21.9 Å². The van der Waals surface area contributed by atoms with Crippen molar-refractivity contribution in [1.82, 2.24) is 0 Å². The number of sulfone groups is 1. The first kappa shape index (κ1) is 21.8. The van der Waals surface area contributed by atoms with E-state index in [9.17, 15) is 17.2 Å². The Morgan fingerprint density at radius 3 is 2.35 bits per heavy atom. The molecular formula is C24H27F2NO3S. The highest BCUT2D eigenvalue weighted by Crippen LogP contribution is 2.43. The highest BCUT2D eigenvalue weighted by molar-refractivity contribution is 7.89. The molecule has 1 heterocycles. The second kappa shape index (κ2) is 8.26. The molecule has 2 aromatic carbocycles. The Morgan fingerprint density at radius 1 is 1.10 bits per heavy atom. The maximum atomic E-state index is 14.3. The van der Waals surface area contributed by atoms with Gasteiger partial charge in [0.15, 0.2) is 15.7 Å². The van der Waals surface area contributed by atoms with Crippen LogP contribution in [0.5, 0.6) is 0 Å². The molecule has 0 aromatic heterocycles. The van der Waals surface area contributed by atoms with Crippen LogP contribution in [0.4, 0.5) is 14.5 Å². The van der Waals surface area contributed by atoms with Gasteiger partial charge in [0.2, 0.25) is 0 Å². The highest BCUT2D eigenvalue weighted by Gasteiger charge is 2.31. The summed E-state index contributed by atoms with van der Waals surface area (Å²) in [6, 6.07) is 7.83. The summed E-state index contributed by atoms with van der Waals surface area (Å²) in [5.41, 5.74) is 2.71. The van der Waals surface area contributed by atoms with E-state index in [-0.39, 0.29) is 28.9 Å². The van der Waals surface area contributed by atoms with Gasteiger partial charge in [-0.15, -0.1) is 0 Å². The van der Waals surface area contributed by atoms with Crippen LogP contribution in [0.25, 0.3) is 0 Å². The lowest BCUT2D eigenvalue weighted by Crippen LogP contribution is -2.30. The quantitative estimate of drug-likeness (QED) is 0.543. The Bertz CT molecular complexity index is 1100. The van der Waals surface area contributed by atoms with E-state index in [1.807, 2.05) is 24.0 Å². The van der Waals surface area contributed by atoms with Gasteiger partial charge in [-0.2, -0.15) is 0 Å². The Balaban J connectivity index is 1.55. The standard InChI is InChI=1S/C24H27F2NO3S/c1-4-9-27-16(3)30-15(2)20-10-17(5-8-23(20)27)13-31(28,29)14-18-11-21(25)24(19-6-7-19)22(26)12-18/h5,8,10-12,15,19H,3-4,6-7,9,13-14H2,1-2H3. The summed E-state index contributed by atoms with van der Waals surface area (Å²) in [7, 11) is -3.62. The highest BCUT2D eigenvalue weighted by atomic mass is 32.2. The molecule has 1 aliphatic heterocycles. The molecule has 1 unspecified atom stereocenters. The molecule has 0 N–H and O–H groups in total. The van der Waals surface area contributed by atoms with E-state index >= 15 is 0 Å². The van der Waals surface area contributed by atoms with Crippen LogP contribution in [0.3, 0.4) is 0 Å². The maximum absolute atomic E-state index is 14.3. The molecule has 4 nitrogen and oxygen atoms in total. The molecule has 4 rings (SSSR count). The van der Waals surface area contributed by atoms with Crippen molar-refractivity contribution in [3.05, 3.63) is 76.7 Å². The van der Waals surface area contributed by atoms with Gasteiger partial charge in [-0.05, 0) is 74.1 Å². The first-order valence-electron chi connectivity index (χ1n) is 10.6. The zero-order valence-corrected chi connectivity index (χ0v) is 18.6. The summed E-state index contributed by atoms with van der Waals surface area (Å²) in [5, 5.41) is 0. The number of benzene rings is 2. The van der Waals surface area contributed by atoms with Crippen molar-refractivity contribution in [3.63, 3.8) is 0 Å². The minimum atomic E-state index is -3.62. The second-order valence-corrected chi connectivity index (χ2v) is 10.5. The number of fused-ring (bicyclic) bond motifs is 1. The third-order valence-electron chi connectivity index (χ3n) is 5.78. The minimum Gasteiger partial charge on any atom is -0.471 e. The summed E-state index contributed by atoms with van der Waals surface area (Å²) in [5.74, 6) is -1.41. The van der Waals surface area contributed by atoms with Gasteiger partial charge in [-0.1, -0.05) is 13.0 Å². The van der Waals surface area contributed by atoms with Crippen molar-refractivity contribution in [2.45, 2.75) is 56.6 Å². The van der Waals surface area contributed by atoms with Crippen LogP contribution in [-0.2, 0) is 26.1 Å². The average molecular weight is 448 g/mol. The van der Waals surface area contributed by atoms with Crippen molar-refractivity contribution >= 4 is 15.5 Å². The van der Waals surface area contributed by atoms with Crippen molar-refractivity contribution in [1.29, 1.82) is 0 Å². The molecule has 0 saturated heterocycles. The molecule has 31 heavy (non-hydrogen) atoms. The van der Waals surface area contributed by atoms with Crippen LogP contribution >= 0.6 is 0 Å². The Kier molecular flexibility index (Phi) is 5.81. The molecule has 2 aliphatic rings. The van der Waals surface area contributed by atoms with E-state index in [1.54, 1.807) is 6.07 Å². The molecule has 2 aromatic rings. The number of ether oxygens (including phenoxy) is 1. The summed E-state index contributed by atoms with van der Waals surface area (Å²) in [6.07, 6.45) is 2.22. The Labute approximate surface area is 182 Å². The first-order valence-corrected chi connectivity index (χ1v) is 12.4. The van der Waals surface area contributed by atoms with Crippen molar-refractivity contribution in [2.24, 2.45) is 0 Å². The molecular weight excluding hydrogens is 420 g/mol. The third-order valence-corrected chi connectivity index (χ3v) is 7.33. The molecule has 7 heteroatoms. The Hall–Kier alpha value is -2.41. The van der Waals surface area contributed by atoms with Crippen molar-refractivity contribution in [2.75, 3.05) is 11.4 Å².